The minimum atomic E-state index is -1.35. The summed E-state index contributed by atoms with van der Waals surface area (Å²) in [6.45, 7) is 0. The van der Waals surface area contributed by atoms with Crippen LogP contribution in [0.5, 0.6) is 5.75 Å². The molecule has 1 aromatic carbocycles. The molecule has 0 aliphatic rings. The third-order valence-electron chi connectivity index (χ3n) is 1.38. The monoisotopic (exact) mass is 180 g/mol. The fraction of sp³-hybridized carbons (Fsp3) is 0.143. The highest BCUT2D eigenvalue weighted by Crippen LogP contribution is 2.09. The molecule has 1 aromatic rings. The maximum atomic E-state index is 5.51. The van der Waals surface area contributed by atoms with E-state index in [1.165, 1.54) is 0 Å². The molecule has 0 saturated carbocycles. The molecule has 0 spiro atoms. The third kappa shape index (κ3) is 3.30. The molecular weight excluding hydrogens is 170 g/mol. The molecule has 11 heavy (non-hydrogen) atoms. The average Bonchev–Trinajstić information content (AvgIpc) is 2.06. The standard InChI is InChI=1S/C6H6O.CH3.2Al.O.2H/c7-6-4-2-1-3-5-6;;;;;;/h1-5,7H;1H3;;;;;/q;;;+1;;;/p-1. The van der Waals surface area contributed by atoms with E-state index in [1.807, 2.05) is 36.1 Å². The summed E-state index contributed by atoms with van der Waals surface area (Å²) in [5.74, 6) is 2.95. The molecule has 1 rings (SSSR count). The Morgan fingerprint density at radius 1 is 1.27 bits per heavy atom. The van der Waals surface area contributed by atoms with Crippen molar-refractivity contribution in [1.82, 2.24) is 0 Å². The third-order valence-corrected chi connectivity index (χ3v) is 4.64. The van der Waals surface area contributed by atoms with Gasteiger partial charge in [-0.05, 0) is 17.9 Å². The molecule has 2 nitrogen and oxygen atoms in total. The maximum Gasteiger partial charge on any atom is 0.730 e. The number of benzene rings is 1. The fourth-order valence-corrected chi connectivity index (χ4v) is 1.66. The van der Waals surface area contributed by atoms with Gasteiger partial charge in [0.05, 0.1) is 5.75 Å². The van der Waals surface area contributed by atoms with Crippen LogP contribution in [-0.2, 0) is 2.84 Å². The van der Waals surface area contributed by atoms with E-state index in [2.05, 4.69) is 0 Å². The Labute approximate surface area is 79.9 Å². The van der Waals surface area contributed by atoms with Crippen molar-refractivity contribution in [2.45, 2.75) is 5.79 Å². The number of hydrogen-bond acceptors (Lipinski definition) is 2. The van der Waals surface area contributed by atoms with Crippen LogP contribution in [0.3, 0.4) is 0 Å². The molecule has 0 atom stereocenters. The summed E-state index contributed by atoms with van der Waals surface area (Å²) in [5.41, 5.74) is 0. The summed E-state index contributed by atoms with van der Waals surface area (Å²) in [6, 6.07) is 9.79. The summed E-state index contributed by atoms with van der Waals surface area (Å²) in [5, 5.41) is 0. The van der Waals surface area contributed by atoms with Crippen molar-refractivity contribution in [3.63, 3.8) is 0 Å². The van der Waals surface area contributed by atoms with Gasteiger partial charge in [-0.1, -0.05) is 18.2 Å². The molecule has 0 radical (unpaired) electrons. The second-order valence-electron chi connectivity index (χ2n) is 2.23. The fourth-order valence-electron chi connectivity index (χ4n) is 0.739. The van der Waals surface area contributed by atoms with Crippen molar-refractivity contribution in [2.24, 2.45) is 0 Å². The van der Waals surface area contributed by atoms with Crippen LogP contribution >= 0.6 is 0 Å². The molecule has 0 aromatic heterocycles. The highest BCUT2D eigenvalue weighted by atomic mass is 27.3. The van der Waals surface area contributed by atoms with E-state index in [0.717, 1.165) is 22.4 Å². The van der Waals surface area contributed by atoms with Crippen LogP contribution in [0.15, 0.2) is 30.3 Å². The van der Waals surface area contributed by atoms with Gasteiger partial charge in [0.15, 0.2) is 0 Å². The summed E-state index contributed by atoms with van der Waals surface area (Å²) >= 11 is -0.576. The van der Waals surface area contributed by atoms with Crippen LogP contribution in [0, 0.1) is 0 Å². The van der Waals surface area contributed by atoms with E-state index in [1.54, 1.807) is 0 Å². The van der Waals surface area contributed by atoms with Gasteiger partial charge >= 0.3 is 31.4 Å². The van der Waals surface area contributed by atoms with E-state index < -0.39 is 14.8 Å². The zero-order valence-corrected chi connectivity index (χ0v) is 9.94. The number of para-hydroxylation sites is 1. The minimum absolute atomic E-state index is 0.770. The summed E-state index contributed by atoms with van der Waals surface area (Å²) < 4.78 is 10.7. The zero-order chi connectivity index (χ0) is 8.10. The molecule has 0 heterocycles. The predicted octanol–water partition coefficient (Wildman–Crippen LogP) is 0.748. The van der Waals surface area contributed by atoms with Gasteiger partial charge in [0, 0.05) is 0 Å². The summed E-state index contributed by atoms with van der Waals surface area (Å²) in [4.78, 5) is 0. The maximum absolute atomic E-state index is 5.51. The van der Waals surface area contributed by atoms with E-state index >= 15 is 0 Å². The second kappa shape index (κ2) is 4.83. The van der Waals surface area contributed by atoms with Gasteiger partial charge in [0.25, 0.3) is 0 Å². The van der Waals surface area contributed by atoms with Gasteiger partial charge in [-0.15, -0.1) is 0 Å². The summed E-state index contributed by atoms with van der Waals surface area (Å²) in [6.07, 6.45) is 0. The minimum Gasteiger partial charge on any atom is -0.623 e. The quantitative estimate of drug-likeness (QED) is 0.639. The van der Waals surface area contributed by atoms with Crippen LogP contribution in [0.2, 0.25) is 5.79 Å². The van der Waals surface area contributed by atoms with Gasteiger partial charge in [-0.2, -0.15) is 0 Å². The lowest BCUT2D eigenvalue weighted by Gasteiger charge is -2.09. The van der Waals surface area contributed by atoms with Crippen LogP contribution in [-0.4, -0.2) is 31.4 Å². The lowest BCUT2D eigenvalue weighted by atomic mass is 10.3. The largest absolute Gasteiger partial charge is 0.730 e. The SMILES string of the molecule is [CH3][Al]([O][AlH2])[O]c1ccccc1. The van der Waals surface area contributed by atoms with Crippen molar-refractivity contribution >= 4 is 31.4 Å². The lowest BCUT2D eigenvalue weighted by molar-refractivity contribution is 0.453. The van der Waals surface area contributed by atoms with Crippen molar-refractivity contribution in [1.29, 1.82) is 0 Å². The smallest absolute Gasteiger partial charge is 0.623 e. The molecule has 0 aliphatic carbocycles. The van der Waals surface area contributed by atoms with E-state index in [4.69, 9.17) is 6.63 Å². The van der Waals surface area contributed by atoms with Gasteiger partial charge < -0.3 is 6.63 Å². The van der Waals surface area contributed by atoms with Gasteiger partial charge in [0.1, 0.15) is 0 Å². The molecule has 0 amide bonds. The first-order valence-electron chi connectivity index (χ1n) is 3.57. The molecule has 4 heteroatoms. The zero-order valence-electron chi connectivity index (χ0n) is 6.78. The van der Waals surface area contributed by atoms with Crippen molar-refractivity contribution in [3.8, 4) is 5.75 Å². The first kappa shape index (κ1) is 9.14. The Bertz CT molecular complexity index is 203. The molecular formula is C7H10Al2O2. The van der Waals surface area contributed by atoms with Crippen molar-refractivity contribution in [3.05, 3.63) is 30.3 Å². The van der Waals surface area contributed by atoms with Crippen molar-refractivity contribution in [2.75, 3.05) is 0 Å². The van der Waals surface area contributed by atoms with E-state index in [-0.39, 0.29) is 0 Å². The Hall–Kier alpha value is 0.0449. The molecule has 0 unspecified atom stereocenters. The molecule has 0 aliphatic heterocycles. The molecule has 56 valence electrons. The van der Waals surface area contributed by atoms with Crippen LogP contribution in [0.25, 0.3) is 0 Å². The van der Waals surface area contributed by atoms with E-state index in [0.29, 0.717) is 0 Å². The van der Waals surface area contributed by atoms with Gasteiger partial charge in [-0.25, -0.2) is 0 Å². The number of rotatable bonds is 3. The summed E-state index contributed by atoms with van der Waals surface area (Å²) in [7, 11) is 0. The van der Waals surface area contributed by atoms with Crippen molar-refractivity contribution < 1.29 is 6.63 Å². The molecule has 0 N–H and O–H groups in total. The normalized spacial score (nSPS) is 9.18. The Kier molecular flexibility index (Phi) is 4.01. The lowest BCUT2D eigenvalue weighted by Crippen LogP contribution is -2.20. The number of hydrogen-bond donors (Lipinski definition) is 0. The van der Waals surface area contributed by atoms with E-state index in [9.17, 15) is 0 Å². The highest BCUT2D eigenvalue weighted by Gasteiger charge is 2.15. The predicted molar refractivity (Wildman–Crippen MR) is 48.3 cm³/mol. The average molecular weight is 180 g/mol. The van der Waals surface area contributed by atoms with Crippen LogP contribution < -0.4 is 3.79 Å². The topological polar surface area (TPSA) is 18.5 Å². The Morgan fingerprint density at radius 2 is 1.91 bits per heavy atom. The Balaban J connectivity index is 2.51. The first-order valence-corrected chi connectivity index (χ1v) is 6.49. The first-order chi connectivity index (χ1) is 5.33. The molecule has 0 fully saturated rings. The van der Waals surface area contributed by atoms with Crippen LogP contribution in [0.4, 0.5) is 0 Å². The Morgan fingerprint density at radius 3 is 2.45 bits per heavy atom. The van der Waals surface area contributed by atoms with Gasteiger partial charge in [0.2, 0.25) is 0 Å². The highest BCUT2D eigenvalue weighted by molar-refractivity contribution is 6.48. The second-order valence-corrected chi connectivity index (χ2v) is 5.49. The molecule has 0 saturated heterocycles. The van der Waals surface area contributed by atoms with Crippen LogP contribution in [0.1, 0.15) is 0 Å². The van der Waals surface area contributed by atoms with Gasteiger partial charge in [-0.3, -0.25) is 0 Å². The molecule has 0 bridgehead atoms.